The fourth-order valence-electron chi connectivity index (χ4n) is 2.28. The summed E-state index contributed by atoms with van der Waals surface area (Å²) in [5, 5.41) is 8.92. The Kier molecular flexibility index (Phi) is 8.37. The van der Waals surface area contributed by atoms with Crippen molar-refractivity contribution < 1.29 is 23.9 Å². The lowest BCUT2D eigenvalue weighted by molar-refractivity contribution is -0.139. The van der Waals surface area contributed by atoms with Crippen molar-refractivity contribution in [1.82, 2.24) is 10.7 Å². The van der Waals surface area contributed by atoms with Crippen LogP contribution in [-0.4, -0.2) is 43.7 Å². The monoisotopic (exact) mass is 412 g/mol. The number of amides is 3. The quantitative estimate of drug-likeness (QED) is 0.346. The molecular formula is C21H24N4O5. The Morgan fingerprint density at radius 2 is 1.73 bits per heavy atom. The largest absolute Gasteiger partial charge is 0.495 e. The zero-order valence-corrected chi connectivity index (χ0v) is 17.0. The molecule has 2 aromatic rings. The molecule has 0 saturated carbocycles. The first-order valence-corrected chi connectivity index (χ1v) is 9.18. The summed E-state index contributed by atoms with van der Waals surface area (Å²) in [6, 6.07) is 13.6. The van der Waals surface area contributed by atoms with Gasteiger partial charge in [0.25, 0.3) is 5.91 Å². The van der Waals surface area contributed by atoms with Gasteiger partial charge in [-0.3, -0.25) is 14.4 Å². The first-order valence-electron chi connectivity index (χ1n) is 9.18. The van der Waals surface area contributed by atoms with Crippen LogP contribution in [0.1, 0.15) is 19.4 Å². The predicted molar refractivity (Wildman–Crippen MR) is 113 cm³/mol. The third-order valence-corrected chi connectivity index (χ3v) is 3.64. The molecule has 30 heavy (non-hydrogen) atoms. The third-order valence-electron chi connectivity index (χ3n) is 3.64. The average Bonchev–Trinajstić information content (AvgIpc) is 2.73. The van der Waals surface area contributed by atoms with E-state index in [0.717, 1.165) is 0 Å². The minimum atomic E-state index is -0.846. The van der Waals surface area contributed by atoms with E-state index in [1.165, 1.54) is 13.3 Å². The number of nitrogens with zero attached hydrogens (tertiary/aromatic N) is 1. The Balaban J connectivity index is 1.81. The zero-order chi connectivity index (χ0) is 21.9. The molecule has 0 radical (unpaired) electrons. The molecule has 0 spiro atoms. The molecule has 0 atom stereocenters. The first-order chi connectivity index (χ1) is 14.4. The molecule has 3 amide bonds. The topological polar surface area (TPSA) is 118 Å². The van der Waals surface area contributed by atoms with Gasteiger partial charge in [-0.05, 0) is 55.8 Å². The third kappa shape index (κ3) is 7.27. The number of ether oxygens (including phenoxy) is 2. The summed E-state index contributed by atoms with van der Waals surface area (Å²) >= 11 is 0. The molecular weight excluding hydrogens is 388 g/mol. The van der Waals surface area contributed by atoms with E-state index in [1.54, 1.807) is 56.3 Å². The summed E-state index contributed by atoms with van der Waals surface area (Å²) in [6.07, 6.45) is 1.39. The van der Waals surface area contributed by atoms with Crippen LogP contribution in [0.5, 0.6) is 11.5 Å². The maximum Gasteiger partial charge on any atom is 0.329 e. The molecule has 0 aliphatic carbocycles. The minimum absolute atomic E-state index is 0.142. The van der Waals surface area contributed by atoms with Crippen LogP contribution in [0, 0.1) is 0 Å². The summed E-state index contributed by atoms with van der Waals surface area (Å²) in [7, 11) is 1.53. The van der Waals surface area contributed by atoms with E-state index in [9.17, 15) is 14.4 Å². The number of hydrogen-bond acceptors (Lipinski definition) is 6. The van der Waals surface area contributed by atoms with Gasteiger partial charge in [0.2, 0.25) is 0 Å². The molecule has 0 fully saturated rings. The number of hydrogen-bond donors (Lipinski definition) is 3. The lowest BCUT2D eigenvalue weighted by Gasteiger charge is -2.10. The molecule has 2 rings (SSSR count). The number of rotatable bonds is 8. The van der Waals surface area contributed by atoms with Gasteiger partial charge in [-0.1, -0.05) is 12.1 Å². The van der Waals surface area contributed by atoms with E-state index in [4.69, 9.17) is 9.47 Å². The lowest BCUT2D eigenvalue weighted by atomic mass is 10.2. The van der Waals surface area contributed by atoms with E-state index in [2.05, 4.69) is 21.2 Å². The maximum absolute atomic E-state index is 12.1. The van der Waals surface area contributed by atoms with Gasteiger partial charge in [0.15, 0.2) is 6.61 Å². The molecule has 158 valence electrons. The molecule has 9 nitrogen and oxygen atoms in total. The molecule has 0 bridgehead atoms. The van der Waals surface area contributed by atoms with Gasteiger partial charge in [-0.15, -0.1) is 0 Å². The van der Waals surface area contributed by atoms with Crippen LogP contribution in [0.3, 0.4) is 0 Å². The van der Waals surface area contributed by atoms with Crippen LogP contribution in [-0.2, 0) is 14.4 Å². The Labute approximate surface area is 174 Å². The predicted octanol–water partition coefficient (Wildman–Crippen LogP) is 1.69. The molecule has 0 aromatic heterocycles. The second-order valence-electron chi connectivity index (χ2n) is 6.43. The number of hydrazone groups is 1. The summed E-state index contributed by atoms with van der Waals surface area (Å²) in [5.41, 5.74) is 3.38. The van der Waals surface area contributed by atoms with Crippen molar-refractivity contribution in [2.24, 2.45) is 5.10 Å². The number of methoxy groups -OCH3 is 1. The van der Waals surface area contributed by atoms with Crippen LogP contribution >= 0.6 is 0 Å². The van der Waals surface area contributed by atoms with E-state index >= 15 is 0 Å². The number of para-hydroxylation sites is 2. The Hall–Kier alpha value is -3.88. The van der Waals surface area contributed by atoms with E-state index in [0.29, 0.717) is 22.7 Å². The minimum Gasteiger partial charge on any atom is -0.495 e. The Morgan fingerprint density at radius 1 is 1.03 bits per heavy atom. The summed E-state index contributed by atoms with van der Waals surface area (Å²) in [4.78, 5) is 35.1. The molecule has 2 aromatic carbocycles. The normalized spacial score (nSPS) is 10.5. The van der Waals surface area contributed by atoms with Crippen molar-refractivity contribution in [3.63, 3.8) is 0 Å². The van der Waals surface area contributed by atoms with Gasteiger partial charge in [0, 0.05) is 6.04 Å². The van der Waals surface area contributed by atoms with Crippen molar-refractivity contribution in [2.45, 2.75) is 19.9 Å². The van der Waals surface area contributed by atoms with Crippen LogP contribution in [0.4, 0.5) is 5.69 Å². The van der Waals surface area contributed by atoms with Gasteiger partial charge in [0.1, 0.15) is 11.5 Å². The molecule has 3 N–H and O–H groups in total. The fourth-order valence-corrected chi connectivity index (χ4v) is 2.28. The fraction of sp³-hybridized carbons (Fsp3) is 0.238. The van der Waals surface area contributed by atoms with Gasteiger partial charge in [0.05, 0.1) is 19.0 Å². The van der Waals surface area contributed by atoms with Gasteiger partial charge >= 0.3 is 11.8 Å². The van der Waals surface area contributed by atoms with Gasteiger partial charge < -0.3 is 20.1 Å². The molecule has 9 heteroatoms. The van der Waals surface area contributed by atoms with Gasteiger partial charge in [-0.25, -0.2) is 5.43 Å². The second kappa shape index (κ2) is 11.2. The molecule has 0 aliphatic rings. The highest BCUT2D eigenvalue weighted by atomic mass is 16.5. The van der Waals surface area contributed by atoms with E-state index in [-0.39, 0.29) is 18.6 Å². The summed E-state index contributed by atoms with van der Waals surface area (Å²) < 4.78 is 10.6. The van der Waals surface area contributed by atoms with E-state index < -0.39 is 11.8 Å². The van der Waals surface area contributed by atoms with E-state index in [1.807, 2.05) is 6.07 Å². The molecule has 0 saturated heterocycles. The highest BCUT2D eigenvalue weighted by Gasteiger charge is 2.13. The molecule has 0 unspecified atom stereocenters. The van der Waals surface area contributed by atoms with Crippen LogP contribution in [0.2, 0.25) is 0 Å². The number of carbonyl (C=O) groups is 3. The molecule has 0 aliphatic heterocycles. The van der Waals surface area contributed by atoms with Crippen molar-refractivity contribution in [1.29, 1.82) is 0 Å². The molecule has 0 heterocycles. The van der Waals surface area contributed by atoms with Crippen LogP contribution in [0.25, 0.3) is 0 Å². The lowest BCUT2D eigenvalue weighted by Crippen LogP contribution is -2.41. The number of nitrogens with one attached hydrogen (secondary N) is 3. The zero-order valence-electron chi connectivity index (χ0n) is 17.0. The summed E-state index contributed by atoms with van der Waals surface area (Å²) in [5.74, 6) is -0.878. The second-order valence-corrected chi connectivity index (χ2v) is 6.43. The smallest absolute Gasteiger partial charge is 0.329 e. The maximum atomic E-state index is 12.1. The number of benzene rings is 2. The van der Waals surface area contributed by atoms with Crippen molar-refractivity contribution in [3.8, 4) is 11.5 Å². The van der Waals surface area contributed by atoms with Crippen LogP contribution in [0.15, 0.2) is 53.6 Å². The Bertz CT molecular complexity index is 910. The van der Waals surface area contributed by atoms with Crippen molar-refractivity contribution >= 4 is 29.6 Å². The highest BCUT2D eigenvalue weighted by Crippen LogP contribution is 2.22. The first kappa shape index (κ1) is 22.4. The average molecular weight is 412 g/mol. The highest BCUT2D eigenvalue weighted by molar-refractivity contribution is 6.35. The van der Waals surface area contributed by atoms with Crippen molar-refractivity contribution in [2.75, 3.05) is 19.0 Å². The Morgan fingerprint density at radius 3 is 2.40 bits per heavy atom. The van der Waals surface area contributed by atoms with Crippen molar-refractivity contribution in [3.05, 3.63) is 54.1 Å². The standard InChI is InChI=1S/C21H24N4O5/c1-14(2)23-20(27)21(28)25-22-12-15-8-10-16(11-9-15)30-13-19(26)24-17-6-4-5-7-18(17)29-3/h4-12,14H,13H2,1-3H3,(H,23,27)(H,24,26)(H,25,28)/b22-12-. The van der Waals surface area contributed by atoms with Crippen LogP contribution < -0.4 is 25.5 Å². The summed E-state index contributed by atoms with van der Waals surface area (Å²) in [6.45, 7) is 3.33. The number of anilines is 1. The SMILES string of the molecule is COc1ccccc1NC(=O)COc1ccc(/C=N\NC(=O)C(=O)NC(C)C)cc1. The van der Waals surface area contributed by atoms with Gasteiger partial charge in [-0.2, -0.15) is 5.10 Å². The number of carbonyl (C=O) groups excluding carboxylic acids is 3.